The maximum Gasteiger partial charge on any atom is 0.241 e. The minimum atomic E-state index is -0.0366. The van der Waals surface area contributed by atoms with Gasteiger partial charge in [-0.15, -0.1) is 0 Å². The van der Waals surface area contributed by atoms with E-state index in [1.54, 1.807) is 4.68 Å². The minimum absolute atomic E-state index is 0.0366. The molecule has 0 saturated carbocycles. The van der Waals surface area contributed by atoms with Crippen molar-refractivity contribution in [3.63, 3.8) is 0 Å². The van der Waals surface area contributed by atoms with Crippen LogP contribution in [-0.4, -0.2) is 22.2 Å². The first kappa shape index (κ1) is 13.5. The van der Waals surface area contributed by atoms with Gasteiger partial charge in [-0.2, -0.15) is 5.10 Å². The highest BCUT2D eigenvalue weighted by molar-refractivity contribution is 5.76. The summed E-state index contributed by atoms with van der Waals surface area (Å²) in [5.74, 6) is -0.0366. The Labute approximate surface area is 102 Å². The standard InChI is InChI=1S/C12H22N4O/c1-8-11(13)9(2)16(15-8)6-10(17)14-7-12(3,4)5/h6-7,13H2,1-5H3,(H,14,17). The van der Waals surface area contributed by atoms with Gasteiger partial charge in [-0.25, -0.2) is 0 Å². The van der Waals surface area contributed by atoms with Crippen LogP contribution in [0.1, 0.15) is 32.2 Å². The Morgan fingerprint density at radius 2 is 2.00 bits per heavy atom. The lowest BCUT2D eigenvalue weighted by molar-refractivity contribution is -0.122. The fourth-order valence-electron chi connectivity index (χ4n) is 1.42. The number of aromatic nitrogens is 2. The minimum Gasteiger partial charge on any atom is -0.396 e. The Bertz CT molecular complexity index is 415. The van der Waals surface area contributed by atoms with Crippen LogP contribution in [0, 0.1) is 19.3 Å². The van der Waals surface area contributed by atoms with E-state index in [0.29, 0.717) is 12.2 Å². The number of hydrogen-bond acceptors (Lipinski definition) is 3. The molecule has 0 aliphatic rings. The van der Waals surface area contributed by atoms with Crippen molar-refractivity contribution in [3.8, 4) is 0 Å². The zero-order chi connectivity index (χ0) is 13.2. The Morgan fingerprint density at radius 3 is 2.41 bits per heavy atom. The van der Waals surface area contributed by atoms with E-state index < -0.39 is 0 Å². The molecule has 5 heteroatoms. The van der Waals surface area contributed by atoms with Gasteiger partial charge < -0.3 is 11.1 Å². The van der Waals surface area contributed by atoms with Crippen molar-refractivity contribution in [2.45, 2.75) is 41.2 Å². The van der Waals surface area contributed by atoms with E-state index >= 15 is 0 Å². The monoisotopic (exact) mass is 238 g/mol. The number of nitrogens with zero attached hydrogens (tertiary/aromatic N) is 2. The van der Waals surface area contributed by atoms with E-state index in [-0.39, 0.29) is 17.9 Å². The van der Waals surface area contributed by atoms with Gasteiger partial charge in [0.1, 0.15) is 6.54 Å². The highest BCUT2D eigenvalue weighted by atomic mass is 16.2. The summed E-state index contributed by atoms with van der Waals surface area (Å²) in [5.41, 5.74) is 8.17. The Morgan fingerprint density at radius 1 is 1.41 bits per heavy atom. The molecule has 17 heavy (non-hydrogen) atoms. The van der Waals surface area contributed by atoms with Crippen LogP contribution >= 0.6 is 0 Å². The van der Waals surface area contributed by atoms with Crippen molar-refractivity contribution in [1.29, 1.82) is 0 Å². The van der Waals surface area contributed by atoms with Crippen LogP contribution in [0.3, 0.4) is 0 Å². The predicted molar refractivity (Wildman–Crippen MR) is 68.6 cm³/mol. The molecule has 5 nitrogen and oxygen atoms in total. The molecule has 0 fully saturated rings. The van der Waals surface area contributed by atoms with E-state index in [1.165, 1.54) is 0 Å². The van der Waals surface area contributed by atoms with Crippen LogP contribution in [0.15, 0.2) is 0 Å². The summed E-state index contributed by atoms with van der Waals surface area (Å²) < 4.78 is 1.64. The fraction of sp³-hybridized carbons (Fsp3) is 0.667. The molecule has 0 spiro atoms. The first-order valence-corrected chi connectivity index (χ1v) is 5.77. The summed E-state index contributed by atoms with van der Waals surface area (Å²) in [4.78, 5) is 11.7. The van der Waals surface area contributed by atoms with E-state index in [9.17, 15) is 4.79 Å². The summed E-state index contributed by atoms with van der Waals surface area (Å²) in [5, 5.41) is 7.11. The number of nitrogen functional groups attached to an aromatic ring is 1. The van der Waals surface area contributed by atoms with Crippen molar-refractivity contribution in [2.75, 3.05) is 12.3 Å². The third-order valence-electron chi connectivity index (χ3n) is 2.55. The van der Waals surface area contributed by atoms with Crippen molar-refractivity contribution in [3.05, 3.63) is 11.4 Å². The second-order valence-electron chi connectivity index (χ2n) is 5.58. The number of hydrogen-bond donors (Lipinski definition) is 2. The highest BCUT2D eigenvalue weighted by Gasteiger charge is 2.14. The normalized spacial score (nSPS) is 11.6. The van der Waals surface area contributed by atoms with Crippen LogP contribution in [0.2, 0.25) is 0 Å². The molecule has 1 amide bonds. The van der Waals surface area contributed by atoms with Crippen molar-refractivity contribution in [1.82, 2.24) is 15.1 Å². The first-order valence-electron chi connectivity index (χ1n) is 5.77. The molecule has 96 valence electrons. The number of amides is 1. The quantitative estimate of drug-likeness (QED) is 0.832. The number of anilines is 1. The second kappa shape index (κ2) is 4.77. The second-order valence-corrected chi connectivity index (χ2v) is 5.58. The van der Waals surface area contributed by atoms with Gasteiger partial charge in [0, 0.05) is 6.54 Å². The van der Waals surface area contributed by atoms with E-state index in [1.807, 2.05) is 13.8 Å². The van der Waals surface area contributed by atoms with Gasteiger partial charge in [0.15, 0.2) is 0 Å². The maximum atomic E-state index is 11.7. The molecule has 1 heterocycles. The lowest BCUT2D eigenvalue weighted by Gasteiger charge is -2.18. The lowest BCUT2D eigenvalue weighted by atomic mass is 9.97. The molecule has 0 saturated heterocycles. The molecular formula is C12H22N4O. The molecule has 0 aromatic carbocycles. The summed E-state index contributed by atoms with van der Waals surface area (Å²) in [6, 6.07) is 0. The third kappa shape index (κ3) is 3.76. The van der Waals surface area contributed by atoms with Crippen molar-refractivity contribution < 1.29 is 4.79 Å². The average Bonchev–Trinajstić information content (AvgIpc) is 2.43. The molecule has 3 N–H and O–H groups in total. The van der Waals surface area contributed by atoms with Gasteiger partial charge in [-0.3, -0.25) is 9.48 Å². The number of carbonyl (C=O) groups excluding carboxylic acids is 1. The Kier molecular flexibility index (Phi) is 3.80. The van der Waals surface area contributed by atoms with Gasteiger partial charge >= 0.3 is 0 Å². The zero-order valence-corrected chi connectivity index (χ0v) is 11.3. The van der Waals surface area contributed by atoms with Crippen LogP contribution in [0.4, 0.5) is 5.69 Å². The molecule has 1 aromatic heterocycles. The third-order valence-corrected chi connectivity index (χ3v) is 2.55. The highest BCUT2D eigenvalue weighted by Crippen LogP contribution is 2.14. The molecule has 0 aliphatic heterocycles. The van der Waals surface area contributed by atoms with Gasteiger partial charge in [-0.1, -0.05) is 20.8 Å². The molecule has 0 atom stereocenters. The number of carbonyl (C=O) groups is 1. The van der Waals surface area contributed by atoms with Crippen LogP contribution in [-0.2, 0) is 11.3 Å². The Hall–Kier alpha value is -1.52. The summed E-state index contributed by atoms with van der Waals surface area (Å²) in [7, 11) is 0. The predicted octanol–water partition coefficient (Wildman–Crippen LogP) is 1.24. The zero-order valence-electron chi connectivity index (χ0n) is 11.3. The SMILES string of the molecule is Cc1nn(CC(=O)NCC(C)(C)C)c(C)c1N. The van der Waals surface area contributed by atoms with E-state index in [4.69, 9.17) is 5.73 Å². The van der Waals surface area contributed by atoms with Crippen LogP contribution < -0.4 is 11.1 Å². The number of rotatable bonds is 3. The van der Waals surface area contributed by atoms with Gasteiger partial charge in [0.25, 0.3) is 0 Å². The topological polar surface area (TPSA) is 72.9 Å². The average molecular weight is 238 g/mol. The van der Waals surface area contributed by atoms with E-state index in [0.717, 1.165) is 11.4 Å². The molecule has 0 bridgehead atoms. The Balaban J connectivity index is 2.60. The van der Waals surface area contributed by atoms with E-state index in [2.05, 4.69) is 31.2 Å². The molecular weight excluding hydrogens is 216 g/mol. The largest absolute Gasteiger partial charge is 0.396 e. The summed E-state index contributed by atoms with van der Waals surface area (Å²) in [6.07, 6.45) is 0. The molecule has 0 unspecified atom stereocenters. The fourth-order valence-corrected chi connectivity index (χ4v) is 1.42. The molecule has 0 aliphatic carbocycles. The smallest absolute Gasteiger partial charge is 0.241 e. The summed E-state index contributed by atoms with van der Waals surface area (Å²) in [6.45, 7) is 10.8. The van der Waals surface area contributed by atoms with Crippen molar-refractivity contribution >= 4 is 11.6 Å². The van der Waals surface area contributed by atoms with Crippen LogP contribution in [0.25, 0.3) is 0 Å². The van der Waals surface area contributed by atoms with Crippen molar-refractivity contribution in [2.24, 2.45) is 5.41 Å². The lowest BCUT2D eigenvalue weighted by Crippen LogP contribution is -2.34. The van der Waals surface area contributed by atoms with Crippen LogP contribution in [0.5, 0.6) is 0 Å². The van der Waals surface area contributed by atoms with Gasteiger partial charge in [0.05, 0.1) is 17.1 Å². The number of nitrogens with one attached hydrogen (secondary N) is 1. The number of nitrogens with two attached hydrogens (primary N) is 1. The summed E-state index contributed by atoms with van der Waals surface area (Å²) >= 11 is 0. The maximum absolute atomic E-state index is 11.7. The molecule has 0 radical (unpaired) electrons. The molecule has 1 rings (SSSR count). The number of aryl methyl sites for hydroxylation is 1. The van der Waals surface area contributed by atoms with Gasteiger partial charge in [0.2, 0.25) is 5.91 Å². The first-order chi connectivity index (χ1) is 7.70. The molecule has 1 aromatic rings. The van der Waals surface area contributed by atoms with Gasteiger partial charge in [-0.05, 0) is 19.3 Å².